The van der Waals surface area contributed by atoms with Gasteiger partial charge in [0.15, 0.2) is 10.3 Å². The number of carbonyl (C=O) groups is 1. The van der Waals surface area contributed by atoms with Crippen molar-refractivity contribution in [2.24, 2.45) is 0 Å². The zero-order chi connectivity index (χ0) is 14.1. The molecule has 2 heterocycles. The molecule has 0 unspecified atom stereocenters. The molecule has 1 aliphatic carbocycles. The van der Waals surface area contributed by atoms with Gasteiger partial charge in [-0.1, -0.05) is 11.3 Å². The summed E-state index contributed by atoms with van der Waals surface area (Å²) in [6.45, 7) is 1.94. The summed E-state index contributed by atoms with van der Waals surface area (Å²) in [7, 11) is 0. The van der Waals surface area contributed by atoms with Gasteiger partial charge in [-0.25, -0.2) is 9.97 Å². The minimum Gasteiger partial charge on any atom is -0.382 e. The molecule has 0 atom stereocenters. The van der Waals surface area contributed by atoms with E-state index in [0.29, 0.717) is 21.2 Å². The Labute approximate surface area is 124 Å². The van der Waals surface area contributed by atoms with E-state index in [4.69, 9.17) is 5.73 Å². The van der Waals surface area contributed by atoms with Crippen LogP contribution >= 0.6 is 22.7 Å². The molecule has 1 saturated carbocycles. The van der Waals surface area contributed by atoms with E-state index in [0.717, 1.165) is 17.7 Å². The summed E-state index contributed by atoms with van der Waals surface area (Å²) in [5.74, 6) is 0.0126. The van der Waals surface area contributed by atoms with Gasteiger partial charge in [0.05, 0.1) is 0 Å². The van der Waals surface area contributed by atoms with Gasteiger partial charge in [0.25, 0.3) is 5.91 Å². The standard InChI is InChI=1S/C12H15N5OS2/c1-6-5-14-11(19-6)17-10(18)8-9(13)16-12(20-8)15-7-3-2-4-7/h5,7H,2-4,13H2,1H3,(H,15,16)(H,14,17,18). The summed E-state index contributed by atoms with van der Waals surface area (Å²) in [6.07, 6.45) is 5.27. The predicted molar refractivity (Wildman–Crippen MR) is 82.6 cm³/mol. The van der Waals surface area contributed by atoms with Gasteiger partial charge in [-0.2, -0.15) is 0 Å². The third kappa shape index (κ3) is 2.75. The number of anilines is 3. The number of aromatic nitrogens is 2. The van der Waals surface area contributed by atoms with Gasteiger partial charge in [-0.15, -0.1) is 11.3 Å². The van der Waals surface area contributed by atoms with Crippen LogP contribution in [0.15, 0.2) is 6.20 Å². The molecule has 1 amide bonds. The van der Waals surface area contributed by atoms with Crippen LogP contribution < -0.4 is 16.4 Å². The van der Waals surface area contributed by atoms with Crippen LogP contribution in [0.3, 0.4) is 0 Å². The molecule has 1 aliphatic rings. The first-order valence-electron chi connectivity index (χ1n) is 6.38. The highest BCUT2D eigenvalue weighted by atomic mass is 32.1. The smallest absolute Gasteiger partial charge is 0.271 e. The van der Waals surface area contributed by atoms with E-state index in [1.807, 2.05) is 6.92 Å². The molecule has 6 nitrogen and oxygen atoms in total. The third-order valence-electron chi connectivity index (χ3n) is 3.13. The van der Waals surface area contributed by atoms with Gasteiger partial charge in [-0.05, 0) is 26.2 Å². The average Bonchev–Trinajstić information content (AvgIpc) is 2.90. The van der Waals surface area contributed by atoms with Gasteiger partial charge in [0.2, 0.25) is 0 Å². The molecule has 2 aromatic heterocycles. The van der Waals surface area contributed by atoms with Gasteiger partial charge in [0, 0.05) is 17.1 Å². The second kappa shape index (κ2) is 5.37. The number of nitrogens with two attached hydrogens (primary N) is 1. The van der Waals surface area contributed by atoms with Crippen LogP contribution in [0.2, 0.25) is 0 Å². The lowest BCUT2D eigenvalue weighted by atomic mass is 9.93. The Balaban J connectivity index is 1.70. The highest BCUT2D eigenvalue weighted by Crippen LogP contribution is 2.30. The highest BCUT2D eigenvalue weighted by Gasteiger charge is 2.21. The van der Waals surface area contributed by atoms with E-state index in [2.05, 4.69) is 20.6 Å². The Kier molecular flexibility index (Phi) is 3.58. The van der Waals surface area contributed by atoms with Crippen LogP contribution in [-0.4, -0.2) is 21.9 Å². The van der Waals surface area contributed by atoms with Crippen molar-refractivity contribution >= 4 is 44.7 Å². The van der Waals surface area contributed by atoms with Crippen molar-refractivity contribution in [2.75, 3.05) is 16.4 Å². The van der Waals surface area contributed by atoms with Crippen molar-refractivity contribution in [1.29, 1.82) is 0 Å². The monoisotopic (exact) mass is 309 g/mol. The molecule has 0 aliphatic heterocycles. The Morgan fingerprint density at radius 1 is 1.40 bits per heavy atom. The van der Waals surface area contributed by atoms with E-state index in [-0.39, 0.29) is 11.7 Å². The normalized spacial score (nSPS) is 14.8. The van der Waals surface area contributed by atoms with Crippen LogP contribution in [0.4, 0.5) is 16.1 Å². The second-order valence-electron chi connectivity index (χ2n) is 4.74. The zero-order valence-electron chi connectivity index (χ0n) is 11.0. The fraction of sp³-hybridized carbons (Fsp3) is 0.417. The molecule has 2 aromatic rings. The molecule has 0 aromatic carbocycles. The average molecular weight is 309 g/mol. The summed E-state index contributed by atoms with van der Waals surface area (Å²) in [5, 5.41) is 7.34. The SMILES string of the molecule is Cc1cnc(NC(=O)c2sc(NC3CCC3)nc2N)s1. The van der Waals surface area contributed by atoms with Crippen molar-refractivity contribution in [1.82, 2.24) is 9.97 Å². The Hall–Kier alpha value is -1.67. The molecular weight excluding hydrogens is 294 g/mol. The molecule has 8 heteroatoms. The van der Waals surface area contributed by atoms with Crippen molar-refractivity contribution < 1.29 is 4.79 Å². The molecule has 1 fully saturated rings. The number of nitrogen functional groups attached to an aromatic ring is 1. The van der Waals surface area contributed by atoms with E-state index in [9.17, 15) is 4.79 Å². The maximum absolute atomic E-state index is 12.1. The van der Waals surface area contributed by atoms with Gasteiger partial charge >= 0.3 is 0 Å². The molecule has 0 saturated heterocycles. The molecule has 0 radical (unpaired) electrons. The Morgan fingerprint density at radius 3 is 2.80 bits per heavy atom. The number of amides is 1. The third-order valence-corrected chi connectivity index (χ3v) is 4.96. The lowest BCUT2D eigenvalue weighted by molar-refractivity contribution is 0.103. The van der Waals surface area contributed by atoms with Crippen LogP contribution in [0.25, 0.3) is 0 Å². The quantitative estimate of drug-likeness (QED) is 0.807. The summed E-state index contributed by atoms with van der Waals surface area (Å²) in [5.41, 5.74) is 5.82. The fourth-order valence-corrected chi connectivity index (χ4v) is 3.37. The van der Waals surface area contributed by atoms with Gasteiger partial charge in [0.1, 0.15) is 10.7 Å². The van der Waals surface area contributed by atoms with Crippen LogP contribution in [0.1, 0.15) is 33.8 Å². The van der Waals surface area contributed by atoms with Crippen molar-refractivity contribution in [3.8, 4) is 0 Å². The van der Waals surface area contributed by atoms with Crippen molar-refractivity contribution in [3.05, 3.63) is 16.0 Å². The summed E-state index contributed by atoms with van der Waals surface area (Å²) >= 11 is 2.72. The maximum atomic E-state index is 12.1. The number of carbonyl (C=O) groups excluding carboxylic acids is 1. The highest BCUT2D eigenvalue weighted by molar-refractivity contribution is 7.18. The number of thiazole rings is 2. The molecule has 4 N–H and O–H groups in total. The van der Waals surface area contributed by atoms with Crippen molar-refractivity contribution in [2.45, 2.75) is 32.2 Å². The zero-order valence-corrected chi connectivity index (χ0v) is 12.6. The molecule has 20 heavy (non-hydrogen) atoms. The lowest BCUT2D eigenvalue weighted by Crippen LogP contribution is -2.26. The number of hydrogen-bond acceptors (Lipinski definition) is 7. The van der Waals surface area contributed by atoms with Crippen LogP contribution in [0.5, 0.6) is 0 Å². The minimum atomic E-state index is -0.254. The van der Waals surface area contributed by atoms with Gasteiger partial charge in [-0.3, -0.25) is 10.1 Å². The summed E-state index contributed by atoms with van der Waals surface area (Å²) < 4.78 is 0. The molecule has 3 rings (SSSR count). The molecule has 0 bridgehead atoms. The minimum absolute atomic E-state index is 0.254. The summed E-state index contributed by atoms with van der Waals surface area (Å²) in [4.78, 5) is 21.9. The van der Waals surface area contributed by atoms with Gasteiger partial charge < -0.3 is 11.1 Å². The van der Waals surface area contributed by atoms with Crippen LogP contribution in [0, 0.1) is 6.92 Å². The largest absolute Gasteiger partial charge is 0.382 e. The molecule has 0 spiro atoms. The fourth-order valence-electron chi connectivity index (χ4n) is 1.85. The first kappa shape index (κ1) is 13.3. The first-order chi connectivity index (χ1) is 9.61. The summed E-state index contributed by atoms with van der Waals surface area (Å²) in [6, 6.07) is 0.470. The van der Waals surface area contributed by atoms with E-state index < -0.39 is 0 Å². The topological polar surface area (TPSA) is 92.9 Å². The van der Waals surface area contributed by atoms with Crippen molar-refractivity contribution in [3.63, 3.8) is 0 Å². The number of nitrogens with zero attached hydrogens (tertiary/aromatic N) is 2. The molecule has 106 valence electrons. The Bertz CT molecular complexity index is 632. The van der Waals surface area contributed by atoms with E-state index >= 15 is 0 Å². The maximum Gasteiger partial charge on any atom is 0.271 e. The van der Waals surface area contributed by atoms with E-state index in [1.54, 1.807) is 6.20 Å². The number of nitrogens with one attached hydrogen (secondary N) is 2. The van der Waals surface area contributed by atoms with Crippen LogP contribution in [-0.2, 0) is 0 Å². The lowest BCUT2D eigenvalue weighted by Gasteiger charge is -2.25. The predicted octanol–water partition coefficient (Wildman–Crippen LogP) is 2.71. The number of hydrogen-bond donors (Lipinski definition) is 3. The first-order valence-corrected chi connectivity index (χ1v) is 8.02. The molecular formula is C12H15N5OS2. The number of rotatable bonds is 4. The van der Waals surface area contributed by atoms with E-state index in [1.165, 1.54) is 29.1 Å². The second-order valence-corrected chi connectivity index (χ2v) is 6.97. The Morgan fingerprint density at radius 2 is 2.20 bits per heavy atom. The number of aryl methyl sites for hydroxylation is 1.